The molecule has 0 aliphatic carbocycles. The number of nitrogens with one attached hydrogen (secondary N) is 1. The van der Waals surface area contributed by atoms with E-state index >= 15 is 0 Å². The highest BCUT2D eigenvalue weighted by atomic mass is 16.5. The summed E-state index contributed by atoms with van der Waals surface area (Å²) in [5, 5.41) is 21.8. The van der Waals surface area contributed by atoms with Crippen LogP contribution >= 0.6 is 0 Å². The van der Waals surface area contributed by atoms with Crippen LogP contribution in [-0.2, 0) is 21.4 Å². The van der Waals surface area contributed by atoms with Crippen LogP contribution in [0.4, 0.5) is 0 Å². The van der Waals surface area contributed by atoms with Crippen LogP contribution in [0.15, 0.2) is 54.7 Å². The molecule has 0 radical (unpaired) electrons. The number of hydrogen-bond acceptors (Lipinski definition) is 5. The Morgan fingerprint density at radius 3 is 2.47 bits per heavy atom. The Balaban J connectivity index is 2.07. The Kier molecular flexibility index (Phi) is 6.06. The van der Waals surface area contributed by atoms with Crippen molar-refractivity contribution < 1.29 is 14.6 Å². The molecule has 0 aliphatic heterocycles. The second-order valence-electron chi connectivity index (χ2n) is 8.35. The molecule has 1 aromatic heterocycles. The summed E-state index contributed by atoms with van der Waals surface area (Å²) in [5.74, 6) is -0.261. The van der Waals surface area contributed by atoms with Crippen LogP contribution in [-0.4, -0.2) is 33.1 Å². The van der Waals surface area contributed by atoms with Crippen molar-refractivity contribution in [2.45, 2.75) is 39.5 Å². The Hall–Kier alpha value is -3.41. The van der Waals surface area contributed by atoms with Gasteiger partial charge in [0.1, 0.15) is 11.4 Å². The number of ether oxygens (including phenoxy) is 1. The maximum Gasteiger partial charge on any atom is 0.333 e. The molecule has 0 spiro atoms. The smallest absolute Gasteiger partial charge is 0.333 e. The van der Waals surface area contributed by atoms with E-state index in [0.717, 1.165) is 22.3 Å². The third-order valence-electron chi connectivity index (χ3n) is 4.92. The maximum absolute atomic E-state index is 11.7. The van der Waals surface area contributed by atoms with E-state index < -0.39 is 5.97 Å². The van der Waals surface area contributed by atoms with Crippen molar-refractivity contribution in [1.82, 2.24) is 15.4 Å². The van der Waals surface area contributed by atoms with E-state index in [9.17, 15) is 9.90 Å². The van der Waals surface area contributed by atoms with Gasteiger partial charge in [0, 0.05) is 23.1 Å². The highest BCUT2D eigenvalue weighted by Crippen LogP contribution is 2.41. The average Bonchev–Trinajstić information content (AvgIpc) is 3.23. The maximum atomic E-state index is 11.7. The molecule has 156 valence electrons. The van der Waals surface area contributed by atoms with Crippen LogP contribution in [0.3, 0.4) is 0 Å². The predicted molar refractivity (Wildman–Crippen MR) is 117 cm³/mol. The molecular weight excluding hydrogens is 378 g/mol. The summed E-state index contributed by atoms with van der Waals surface area (Å²) in [6.07, 6.45) is 2.12. The number of aromatic nitrogens is 3. The van der Waals surface area contributed by atoms with Crippen molar-refractivity contribution in [2.75, 3.05) is 6.61 Å². The summed E-state index contributed by atoms with van der Waals surface area (Å²) in [7, 11) is 0. The van der Waals surface area contributed by atoms with Crippen molar-refractivity contribution in [3.63, 3.8) is 0 Å². The van der Waals surface area contributed by atoms with Crippen LogP contribution < -0.4 is 0 Å². The van der Waals surface area contributed by atoms with E-state index in [1.807, 2.05) is 36.4 Å². The quantitative estimate of drug-likeness (QED) is 0.454. The van der Waals surface area contributed by atoms with E-state index in [4.69, 9.17) is 4.74 Å². The molecule has 0 atom stereocenters. The number of benzene rings is 2. The first-order chi connectivity index (χ1) is 14.2. The molecule has 2 N–H and O–H groups in total. The molecule has 3 rings (SSSR count). The number of aromatic hydroxyl groups is 1. The number of phenolic OH excluding ortho intramolecular Hbond substituents is 1. The molecule has 3 aromatic rings. The normalized spacial score (nSPS) is 11.3. The minimum absolute atomic E-state index is 0.131. The molecule has 0 saturated heterocycles. The van der Waals surface area contributed by atoms with Crippen LogP contribution in [0.25, 0.3) is 22.4 Å². The van der Waals surface area contributed by atoms with Crippen molar-refractivity contribution in [2.24, 2.45) is 0 Å². The van der Waals surface area contributed by atoms with Crippen LogP contribution in [0.1, 0.15) is 38.8 Å². The van der Waals surface area contributed by atoms with Gasteiger partial charge in [-0.1, -0.05) is 62.9 Å². The second kappa shape index (κ2) is 8.53. The standard InChI is InChI=1S/C24H27N3O3/c1-15(2)23(29)30-11-10-16-12-17(24(3,4)5)13-20(22(16)28)18-8-6-7-9-19(18)21-14-25-27-26-21/h6-9,12-14,28H,1,10-11H2,2-5H3,(H,25,26,27). The summed E-state index contributed by atoms with van der Waals surface area (Å²) in [6.45, 7) is 11.7. The number of rotatable bonds is 6. The third kappa shape index (κ3) is 4.59. The molecule has 0 saturated carbocycles. The zero-order valence-corrected chi connectivity index (χ0v) is 17.8. The average molecular weight is 405 g/mol. The number of aromatic amines is 1. The molecule has 2 aromatic carbocycles. The molecule has 0 fully saturated rings. The Labute approximate surface area is 176 Å². The minimum atomic E-state index is -0.432. The lowest BCUT2D eigenvalue weighted by atomic mass is 9.82. The van der Waals surface area contributed by atoms with Crippen LogP contribution in [0.2, 0.25) is 0 Å². The first-order valence-electron chi connectivity index (χ1n) is 9.83. The fourth-order valence-corrected chi connectivity index (χ4v) is 3.17. The van der Waals surface area contributed by atoms with Gasteiger partial charge in [-0.15, -0.1) is 5.10 Å². The molecule has 0 amide bonds. The van der Waals surface area contributed by atoms with Gasteiger partial charge in [-0.3, -0.25) is 5.10 Å². The molecule has 1 heterocycles. The topological polar surface area (TPSA) is 88.1 Å². The van der Waals surface area contributed by atoms with Gasteiger partial charge in [0.25, 0.3) is 0 Å². The molecule has 0 aliphatic rings. The fourth-order valence-electron chi connectivity index (χ4n) is 3.17. The number of nitrogens with zero attached hydrogens (tertiary/aromatic N) is 2. The highest BCUT2D eigenvalue weighted by Gasteiger charge is 2.21. The fraction of sp³-hybridized carbons (Fsp3) is 0.292. The first kappa shape index (κ1) is 21.3. The van der Waals surface area contributed by atoms with Crippen molar-refractivity contribution >= 4 is 5.97 Å². The zero-order valence-electron chi connectivity index (χ0n) is 17.8. The Morgan fingerprint density at radius 1 is 1.17 bits per heavy atom. The van der Waals surface area contributed by atoms with E-state index in [2.05, 4.69) is 42.8 Å². The van der Waals surface area contributed by atoms with Gasteiger partial charge in [0.2, 0.25) is 0 Å². The lowest BCUT2D eigenvalue weighted by Crippen LogP contribution is -2.13. The summed E-state index contributed by atoms with van der Waals surface area (Å²) >= 11 is 0. The van der Waals surface area contributed by atoms with E-state index in [1.54, 1.807) is 13.1 Å². The number of carbonyl (C=O) groups is 1. The molecular formula is C24H27N3O3. The van der Waals surface area contributed by atoms with Gasteiger partial charge in [-0.05, 0) is 35.1 Å². The monoisotopic (exact) mass is 405 g/mol. The molecule has 0 bridgehead atoms. The SMILES string of the molecule is C=C(C)C(=O)OCCc1cc(C(C)(C)C)cc(-c2ccccc2-c2c[nH]nn2)c1O. The highest BCUT2D eigenvalue weighted by molar-refractivity contribution is 5.87. The predicted octanol–water partition coefficient (Wildman–Crippen LogP) is 4.80. The largest absolute Gasteiger partial charge is 0.507 e. The summed E-state index contributed by atoms with van der Waals surface area (Å²) in [4.78, 5) is 11.7. The molecule has 30 heavy (non-hydrogen) atoms. The van der Waals surface area contributed by atoms with E-state index in [0.29, 0.717) is 23.3 Å². The van der Waals surface area contributed by atoms with Gasteiger partial charge < -0.3 is 9.84 Å². The van der Waals surface area contributed by atoms with E-state index in [-0.39, 0.29) is 17.8 Å². The number of hydrogen-bond donors (Lipinski definition) is 2. The number of H-pyrrole nitrogens is 1. The first-order valence-corrected chi connectivity index (χ1v) is 9.83. The van der Waals surface area contributed by atoms with Gasteiger partial charge in [-0.2, -0.15) is 0 Å². The summed E-state index contributed by atoms with van der Waals surface area (Å²) in [6, 6.07) is 11.7. The number of phenols is 1. The van der Waals surface area contributed by atoms with Gasteiger partial charge >= 0.3 is 5.97 Å². The number of esters is 1. The molecule has 6 heteroatoms. The zero-order chi connectivity index (χ0) is 21.9. The second-order valence-corrected chi connectivity index (χ2v) is 8.35. The third-order valence-corrected chi connectivity index (χ3v) is 4.92. The molecule has 0 unspecified atom stereocenters. The Bertz CT molecular complexity index is 1060. The number of carbonyl (C=O) groups excluding carboxylic acids is 1. The summed E-state index contributed by atoms with van der Waals surface area (Å²) in [5.41, 5.74) is 5.15. The van der Waals surface area contributed by atoms with Gasteiger partial charge in [0.15, 0.2) is 0 Å². The lowest BCUT2D eigenvalue weighted by Gasteiger charge is -2.23. The van der Waals surface area contributed by atoms with Crippen LogP contribution in [0, 0.1) is 0 Å². The van der Waals surface area contributed by atoms with Crippen LogP contribution in [0.5, 0.6) is 5.75 Å². The van der Waals surface area contributed by atoms with Crippen molar-refractivity contribution in [1.29, 1.82) is 0 Å². The van der Waals surface area contributed by atoms with Crippen molar-refractivity contribution in [3.8, 4) is 28.1 Å². The van der Waals surface area contributed by atoms with E-state index in [1.165, 1.54) is 0 Å². The van der Waals surface area contributed by atoms with Gasteiger partial charge in [0.05, 0.1) is 12.8 Å². The Morgan fingerprint density at radius 2 is 1.87 bits per heavy atom. The van der Waals surface area contributed by atoms with Crippen molar-refractivity contribution in [3.05, 3.63) is 65.9 Å². The minimum Gasteiger partial charge on any atom is -0.507 e. The lowest BCUT2D eigenvalue weighted by molar-refractivity contribution is -0.138. The summed E-state index contributed by atoms with van der Waals surface area (Å²) < 4.78 is 5.24. The molecule has 6 nitrogen and oxygen atoms in total. The van der Waals surface area contributed by atoms with Gasteiger partial charge in [-0.25, -0.2) is 4.79 Å².